The minimum atomic E-state index is 0.0392. The van der Waals surface area contributed by atoms with E-state index in [1.165, 1.54) is 4.90 Å². The van der Waals surface area contributed by atoms with Gasteiger partial charge in [-0.1, -0.05) is 12.1 Å². The smallest absolute Gasteiger partial charge is 0.225 e. The van der Waals surface area contributed by atoms with E-state index in [4.69, 9.17) is 9.94 Å². The molecule has 0 saturated carbocycles. The summed E-state index contributed by atoms with van der Waals surface area (Å²) in [6, 6.07) is 7.27. The maximum Gasteiger partial charge on any atom is 0.225 e. The zero-order valence-electron chi connectivity index (χ0n) is 11.6. The van der Waals surface area contributed by atoms with Gasteiger partial charge in [0, 0.05) is 14.1 Å². The zero-order valence-corrected chi connectivity index (χ0v) is 11.6. The van der Waals surface area contributed by atoms with Crippen LogP contribution in [-0.4, -0.2) is 42.4 Å². The summed E-state index contributed by atoms with van der Waals surface area (Å²) < 4.78 is 5.48. The van der Waals surface area contributed by atoms with Gasteiger partial charge in [0.2, 0.25) is 5.91 Å². The van der Waals surface area contributed by atoms with E-state index in [0.717, 1.165) is 5.56 Å². The Labute approximate surface area is 113 Å². The lowest BCUT2D eigenvalue weighted by Crippen LogP contribution is -2.23. The lowest BCUT2D eigenvalue weighted by molar-refractivity contribution is -0.129. The van der Waals surface area contributed by atoms with Crippen molar-refractivity contribution in [2.24, 2.45) is 5.16 Å². The average Bonchev–Trinajstić information content (AvgIpc) is 2.41. The third-order valence-corrected chi connectivity index (χ3v) is 2.73. The van der Waals surface area contributed by atoms with Crippen LogP contribution < -0.4 is 4.74 Å². The molecule has 0 bridgehead atoms. The van der Waals surface area contributed by atoms with Gasteiger partial charge in [0.1, 0.15) is 5.75 Å². The molecule has 0 saturated heterocycles. The highest BCUT2D eigenvalue weighted by Gasteiger charge is 2.05. The van der Waals surface area contributed by atoms with Gasteiger partial charge in [-0.25, -0.2) is 0 Å². The number of benzene rings is 1. The molecular weight excluding hydrogens is 244 g/mol. The number of nitrogens with zero attached hydrogens (tertiary/aromatic N) is 2. The van der Waals surface area contributed by atoms with E-state index in [2.05, 4.69) is 5.16 Å². The maximum atomic E-state index is 11.4. The van der Waals surface area contributed by atoms with Gasteiger partial charge in [-0.3, -0.25) is 4.79 Å². The van der Waals surface area contributed by atoms with Crippen molar-refractivity contribution in [3.05, 3.63) is 29.8 Å². The van der Waals surface area contributed by atoms with Crippen molar-refractivity contribution >= 4 is 11.6 Å². The molecular formula is C14H20N2O3. The molecule has 0 fully saturated rings. The number of amides is 1. The van der Waals surface area contributed by atoms with E-state index in [1.807, 2.05) is 19.1 Å². The Morgan fingerprint density at radius 1 is 1.32 bits per heavy atom. The summed E-state index contributed by atoms with van der Waals surface area (Å²) >= 11 is 0. The van der Waals surface area contributed by atoms with Gasteiger partial charge in [-0.2, -0.15) is 0 Å². The first-order chi connectivity index (χ1) is 9.08. The van der Waals surface area contributed by atoms with Crippen LogP contribution in [0.2, 0.25) is 0 Å². The topological polar surface area (TPSA) is 62.1 Å². The average molecular weight is 264 g/mol. The monoisotopic (exact) mass is 264 g/mol. The molecule has 5 nitrogen and oxygen atoms in total. The van der Waals surface area contributed by atoms with Crippen LogP contribution in [0.15, 0.2) is 29.4 Å². The minimum Gasteiger partial charge on any atom is -0.493 e. The Balaban J connectivity index is 2.51. The Morgan fingerprint density at radius 3 is 2.42 bits per heavy atom. The first-order valence-corrected chi connectivity index (χ1v) is 6.22. The van der Waals surface area contributed by atoms with Crippen LogP contribution in [0.5, 0.6) is 5.75 Å². The van der Waals surface area contributed by atoms with E-state index in [0.29, 0.717) is 30.9 Å². The van der Waals surface area contributed by atoms with Crippen molar-refractivity contribution in [2.45, 2.75) is 19.8 Å². The molecule has 1 rings (SSSR count). The third-order valence-electron chi connectivity index (χ3n) is 2.73. The van der Waals surface area contributed by atoms with E-state index >= 15 is 0 Å². The second kappa shape index (κ2) is 7.41. The molecule has 0 radical (unpaired) electrons. The molecule has 0 heterocycles. The predicted octanol–water partition coefficient (Wildman–Crippen LogP) is 2.13. The van der Waals surface area contributed by atoms with Crippen LogP contribution >= 0.6 is 0 Å². The summed E-state index contributed by atoms with van der Waals surface area (Å²) in [6.45, 7) is 2.28. The van der Waals surface area contributed by atoms with Gasteiger partial charge < -0.3 is 14.8 Å². The van der Waals surface area contributed by atoms with Gasteiger partial charge in [-0.05, 0) is 36.2 Å². The maximum absolute atomic E-state index is 11.4. The summed E-state index contributed by atoms with van der Waals surface area (Å²) in [5.74, 6) is 0.737. The molecule has 5 heteroatoms. The Kier molecular flexibility index (Phi) is 5.85. The Hall–Kier alpha value is -2.04. The Morgan fingerprint density at radius 2 is 1.95 bits per heavy atom. The molecule has 1 amide bonds. The zero-order chi connectivity index (χ0) is 14.3. The van der Waals surface area contributed by atoms with Crippen molar-refractivity contribution in [1.29, 1.82) is 0 Å². The summed E-state index contributed by atoms with van der Waals surface area (Å²) in [6.07, 6.45) is 1.01. The molecule has 0 aliphatic rings. The molecule has 1 N–H and O–H groups in total. The van der Waals surface area contributed by atoms with Crippen molar-refractivity contribution < 1.29 is 14.7 Å². The molecule has 0 spiro atoms. The standard InChI is InChI=1S/C14H20N2O3/c1-4-13(15-18)11-5-7-12(8-6-11)19-10-9-14(17)16(2)3/h5-8,18H,4,9-10H2,1-3H3/b15-13+. The fraction of sp³-hybridized carbons (Fsp3) is 0.429. The molecule has 0 aromatic heterocycles. The van der Waals surface area contributed by atoms with Crippen molar-refractivity contribution in [2.75, 3.05) is 20.7 Å². The molecule has 104 valence electrons. The first kappa shape index (κ1) is 15.0. The van der Waals surface area contributed by atoms with Gasteiger partial charge in [-0.15, -0.1) is 0 Å². The summed E-state index contributed by atoms with van der Waals surface area (Å²) in [7, 11) is 3.44. The predicted molar refractivity (Wildman–Crippen MR) is 73.9 cm³/mol. The van der Waals surface area contributed by atoms with Crippen LogP contribution in [0, 0.1) is 0 Å². The highest BCUT2D eigenvalue weighted by molar-refractivity contribution is 6.00. The number of hydrogen-bond donors (Lipinski definition) is 1. The summed E-state index contributed by atoms with van der Waals surface area (Å²) in [4.78, 5) is 12.9. The molecule has 0 unspecified atom stereocenters. The van der Waals surface area contributed by atoms with Gasteiger partial charge in [0.05, 0.1) is 18.7 Å². The number of hydrogen-bond acceptors (Lipinski definition) is 4. The van der Waals surface area contributed by atoms with Crippen LogP contribution in [0.3, 0.4) is 0 Å². The fourth-order valence-electron chi connectivity index (χ4n) is 1.56. The van der Waals surface area contributed by atoms with E-state index in [-0.39, 0.29) is 5.91 Å². The lowest BCUT2D eigenvalue weighted by atomic mass is 10.1. The van der Waals surface area contributed by atoms with Crippen LogP contribution in [0.1, 0.15) is 25.3 Å². The van der Waals surface area contributed by atoms with Gasteiger partial charge in [0.15, 0.2) is 0 Å². The second-order valence-corrected chi connectivity index (χ2v) is 4.31. The molecule has 0 atom stereocenters. The highest BCUT2D eigenvalue weighted by Crippen LogP contribution is 2.14. The largest absolute Gasteiger partial charge is 0.493 e. The lowest BCUT2D eigenvalue weighted by Gasteiger charge is -2.11. The number of oxime groups is 1. The first-order valence-electron chi connectivity index (χ1n) is 6.22. The van der Waals surface area contributed by atoms with Crippen LogP contribution in [-0.2, 0) is 4.79 Å². The van der Waals surface area contributed by atoms with E-state index in [9.17, 15) is 4.79 Å². The van der Waals surface area contributed by atoms with E-state index < -0.39 is 0 Å². The number of ether oxygens (including phenoxy) is 1. The third kappa shape index (κ3) is 4.62. The Bertz CT molecular complexity index is 439. The number of carbonyl (C=O) groups excluding carboxylic acids is 1. The number of carbonyl (C=O) groups is 1. The minimum absolute atomic E-state index is 0.0392. The van der Waals surface area contributed by atoms with E-state index in [1.54, 1.807) is 26.2 Å². The van der Waals surface area contributed by atoms with Gasteiger partial charge in [0.25, 0.3) is 0 Å². The van der Waals surface area contributed by atoms with Crippen molar-refractivity contribution in [3.63, 3.8) is 0 Å². The van der Waals surface area contributed by atoms with Gasteiger partial charge >= 0.3 is 0 Å². The normalized spacial score (nSPS) is 11.2. The van der Waals surface area contributed by atoms with Crippen LogP contribution in [0.4, 0.5) is 0 Å². The summed E-state index contributed by atoms with van der Waals surface area (Å²) in [5.41, 5.74) is 1.50. The van der Waals surface area contributed by atoms with Crippen LogP contribution in [0.25, 0.3) is 0 Å². The van der Waals surface area contributed by atoms with Crippen molar-refractivity contribution in [1.82, 2.24) is 4.90 Å². The highest BCUT2D eigenvalue weighted by atomic mass is 16.5. The number of rotatable bonds is 6. The molecule has 1 aromatic carbocycles. The SMILES string of the molecule is CC/C(=N\O)c1ccc(OCCC(=O)N(C)C)cc1. The molecule has 0 aliphatic carbocycles. The molecule has 19 heavy (non-hydrogen) atoms. The molecule has 1 aromatic rings. The second-order valence-electron chi connectivity index (χ2n) is 4.31. The van der Waals surface area contributed by atoms with Crippen molar-refractivity contribution in [3.8, 4) is 5.75 Å². The quantitative estimate of drug-likeness (QED) is 0.486. The molecule has 0 aliphatic heterocycles. The fourth-order valence-corrected chi connectivity index (χ4v) is 1.56. The summed E-state index contributed by atoms with van der Waals surface area (Å²) in [5, 5.41) is 12.1.